The molecule has 2 N–H and O–H groups in total. The Bertz CT molecular complexity index is 376. The first-order chi connectivity index (χ1) is 8.61. The quantitative estimate of drug-likeness (QED) is 0.599. The van der Waals surface area contributed by atoms with Crippen LogP contribution in [-0.2, 0) is 4.79 Å². The minimum Gasteiger partial charge on any atom is -0.326 e. The first-order valence-electron chi connectivity index (χ1n) is 5.61. The van der Waals surface area contributed by atoms with Gasteiger partial charge in [-0.25, -0.2) is 0 Å². The van der Waals surface area contributed by atoms with E-state index in [9.17, 15) is 13.6 Å². The SMILES string of the molecule is CNCCCC(=O)Nc1ccc(SC(F)F)cc1.Cl. The van der Waals surface area contributed by atoms with Crippen LogP contribution in [0.3, 0.4) is 0 Å². The van der Waals surface area contributed by atoms with Crippen LogP contribution in [0, 0.1) is 0 Å². The Morgan fingerprint density at radius 1 is 1.32 bits per heavy atom. The fraction of sp³-hybridized carbons (Fsp3) is 0.417. The number of carbonyl (C=O) groups is 1. The standard InChI is InChI=1S/C12H16F2N2OS.ClH/c1-15-8-2-3-11(17)16-9-4-6-10(7-5-9)18-12(13)14;/h4-7,12,15H,2-3,8H2,1H3,(H,16,17);1H. The second-order valence-electron chi connectivity index (χ2n) is 3.66. The van der Waals surface area contributed by atoms with Crippen molar-refractivity contribution in [2.45, 2.75) is 23.5 Å². The van der Waals surface area contributed by atoms with Crippen molar-refractivity contribution in [3.8, 4) is 0 Å². The highest BCUT2D eigenvalue weighted by atomic mass is 35.5. The maximum Gasteiger partial charge on any atom is 0.288 e. The molecule has 1 aromatic carbocycles. The van der Waals surface area contributed by atoms with E-state index in [1.54, 1.807) is 24.3 Å². The molecule has 0 spiro atoms. The second-order valence-corrected chi connectivity index (χ2v) is 4.72. The van der Waals surface area contributed by atoms with E-state index in [1.165, 1.54) is 0 Å². The lowest BCUT2D eigenvalue weighted by atomic mass is 10.2. The first kappa shape index (κ1) is 18.1. The van der Waals surface area contributed by atoms with E-state index in [0.717, 1.165) is 13.0 Å². The molecule has 1 amide bonds. The zero-order chi connectivity index (χ0) is 13.4. The molecular formula is C12H17ClF2N2OS. The third kappa shape index (κ3) is 8.02. The van der Waals surface area contributed by atoms with Crippen molar-refractivity contribution in [1.82, 2.24) is 5.32 Å². The summed E-state index contributed by atoms with van der Waals surface area (Å²) in [6, 6.07) is 6.39. The van der Waals surface area contributed by atoms with Crippen LogP contribution in [0.25, 0.3) is 0 Å². The molecule has 0 saturated heterocycles. The molecular weight excluding hydrogens is 294 g/mol. The third-order valence-electron chi connectivity index (χ3n) is 2.19. The summed E-state index contributed by atoms with van der Waals surface area (Å²) in [6.45, 7) is 0.789. The highest BCUT2D eigenvalue weighted by molar-refractivity contribution is 7.99. The Balaban J connectivity index is 0.00000324. The number of amides is 1. The van der Waals surface area contributed by atoms with E-state index in [-0.39, 0.29) is 18.3 Å². The Labute approximate surface area is 121 Å². The van der Waals surface area contributed by atoms with Gasteiger partial charge < -0.3 is 10.6 Å². The molecule has 0 bridgehead atoms. The van der Waals surface area contributed by atoms with Crippen molar-refractivity contribution >= 4 is 35.8 Å². The number of anilines is 1. The largest absolute Gasteiger partial charge is 0.326 e. The van der Waals surface area contributed by atoms with Crippen LogP contribution in [0.1, 0.15) is 12.8 Å². The molecule has 0 aliphatic carbocycles. The Morgan fingerprint density at radius 3 is 2.47 bits per heavy atom. The number of carbonyl (C=O) groups excluding carboxylic acids is 1. The zero-order valence-electron chi connectivity index (χ0n) is 10.5. The summed E-state index contributed by atoms with van der Waals surface area (Å²) in [4.78, 5) is 12.0. The predicted octanol–water partition coefficient (Wildman–Crippen LogP) is 3.36. The summed E-state index contributed by atoms with van der Waals surface area (Å²) in [5.41, 5.74) is 0.628. The van der Waals surface area contributed by atoms with Crippen LogP contribution < -0.4 is 10.6 Å². The van der Waals surface area contributed by atoms with Gasteiger partial charge in [-0.2, -0.15) is 8.78 Å². The molecule has 19 heavy (non-hydrogen) atoms. The van der Waals surface area contributed by atoms with E-state index < -0.39 is 5.76 Å². The van der Waals surface area contributed by atoms with Crippen molar-refractivity contribution < 1.29 is 13.6 Å². The third-order valence-corrected chi connectivity index (χ3v) is 2.92. The molecule has 7 heteroatoms. The van der Waals surface area contributed by atoms with Crippen LogP contribution in [0.5, 0.6) is 0 Å². The van der Waals surface area contributed by atoms with Crippen LogP contribution in [0.2, 0.25) is 0 Å². The highest BCUT2D eigenvalue weighted by Crippen LogP contribution is 2.26. The lowest BCUT2D eigenvalue weighted by molar-refractivity contribution is -0.116. The summed E-state index contributed by atoms with van der Waals surface area (Å²) in [5.74, 6) is -2.49. The van der Waals surface area contributed by atoms with E-state index in [2.05, 4.69) is 10.6 Å². The minimum atomic E-state index is -2.42. The molecule has 0 aromatic heterocycles. The molecule has 0 aliphatic heterocycles. The van der Waals surface area contributed by atoms with Gasteiger partial charge in [-0.15, -0.1) is 12.4 Å². The molecule has 0 radical (unpaired) electrons. The number of nitrogens with one attached hydrogen (secondary N) is 2. The van der Waals surface area contributed by atoms with Gasteiger partial charge in [-0.3, -0.25) is 4.79 Å². The van der Waals surface area contributed by atoms with Crippen molar-refractivity contribution in [3.63, 3.8) is 0 Å². The summed E-state index contributed by atoms with van der Waals surface area (Å²) >= 11 is 0.489. The molecule has 0 atom stereocenters. The maximum absolute atomic E-state index is 12.1. The van der Waals surface area contributed by atoms with Crippen molar-refractivity contribution in [2.24, 2.45) is 0 Å². The van der Waals surface area contributed by atoms with Crippen molar-refractivity contribution in [3.05, 3.63) is 24.3 Å². The fourth-order valence-corrected chi connectivity index (χ4v) is 1.87. The second kappa shape index (κ2) is 10.00. The number of benzene rings is 1. The number of hydrogen-bond donors (Lipinski definition) is 2. The van der Waals surface area contributed by atoms with E-state index in [0.29, 0.717) is 28.8 Å². The normalized spacial score (nSPS) is 10.1. The first-order valence-corrected chi connectivity index (χ1v) is 6.49. The number of thioether (sulfide) groups is 1. The van der Waals surface area contributed by atoms with Gasteiger partial charge in [0.15, 0.2) is 0 Å². The van der Waals surface area contributed by atoms with Gasteiger partial charge in [0.2, 0.25) is 5.91 Å². The van der Waals surface area contributed by atoms with Gasteiger partial charge in [0.05, 0.1) is 0 Å². The zero-order valence-corrected chi connectivity index (χ0v) is 12.1. The van der Waals surface area contributed by atoms with Crippen LogP contribution in [-0.4, -0.2) is 25.3 Å². The van der Waals surface area contributed by atoms with Gasteiger partial charge in [-0.05, 0) is 44.3 Å². The Kier molecular flexibility index (Phi) is 9.55. The smallest absolute Gasteiger partial charge is 0.288 e. The summed E-state index contributed by atoms with van der Waals surface area (Å²) in [5, 5.41) is 5.68. The Morgan fingerprint density at radius 2 is 1.95 bits per heavy atom. The summed E-state index contributed by atoms with van der Waals surface area (Å²) in [6.07, 6.45) is 1.20. The van der Waals surface area contributed by atoms with Gasteiger partial charge >= 0.3 is 0 Å². The molecule has 0 unspecified atom stereocenters. The fourth-order valence-electron chi connectivity index (χ4n) is 1.37. The molecule has 108 valence electrons. The van der Waals surface area contributed by atoms with Crippen LogP contribution in [0.15, 0.2) is 29.2 Å². The monoisotopic (exact) mass is 310 g/mol. The number of hydrogen-bond acceptors (Lipinski definition) is 3. The lowest BCUT2D eigenvalue weighted by Crippen LogP contribution is -2.15. The molecule has 0 saturated carbocycles. The van der Waals surface area contributed by atoms with Crippen LogP contribution >= 0.6 is 24.2 Å². The number of halogens is 3. The predicted molar refractivity (Wildman–Crippen MR) is 77.3 cm³/mol. The lowest BCUT2D eigenvalue weighted by Gasteiger charge is -2.06. The minimum absolute atomic E-state index is 0. The summed E-state index contributed by atoms with van der Waals surface area (Å²) < 4.78 is 24.2. The number of rotatable bonds is 7. The molecule has 1 aromatic rings. The number of alkyl halides is 2. The highest BCUT2D eigenvalue weighted by Gasteiger charge is 2.06. The van der Waals surface area contributed by atoms with Gasteiger partial charge in [0, 0.05) is 17.0 Å². The van der Waals surface area contributed by atoms with Gasteiger partial charge in [0.25, 0.3) is 5.76 Å². The van der Waals surface area contributed by atoms with Gasteiger partial charge in [-0.1, -0.05) is 11.8 Å². The molecule has 0 heterocycles. The Hall–Kier alpha value is -0.850. The van der Waals surface area contributed by atoms with Crippen molar-refractivity contribution in [1.29, 1.82) is 0 Å². The van der Waals surface area contributed by atoms with Crippen molar-refractivity contribution in [2.75, 3.05) is 18.9 Å². The summed E-state index contributed by atoms with van der Waals surface area (Å²) in [7, 11) is 1.83. The average molecular weight is 311 g/mol. The van der Waals surface area contributed by atoms with Crippen LogP contribution in [0.4, 0.5) is 14.5 Å². The van der Waals surface area contributed by atoms with E-state index in [4.69, 9.17) is 0 Å². The molecule has 0 fully saturated rings. The van der Waals surface area contributed by atoms with Gasteiger partial charge in [0.1, 0.15) is 0 Å². The van der Waals surface area contributed by atoms with E-state index in [1.807, 2.05) is 7.05 Å². The maximum atomic E-state index is 12.1. The topological polar surface area (TPSA) is 41.1 Å². The van der Waals surface area contributed by atoms with E-state index >= 15 is 0 Å². The molecule has 0 aliphatic rings. The average Bonchev–Trinajstić information content (AvgIpc) is 2.31. The molecule has 3 nitrogen and oxygen atoms in total. The molecule has 1 rings (SSSR count).